The van der Waals surface area contributed by atoms with Crippen LogP contribution in [-0.4, -0.2) is 19.6 Å². The van der Waals surface area contributed by atoms with Gasteiger partial charge >= 0.3 is 0 Å². The van der Waals surface area contributed by atoms with Crippen LogP contribution in [0.1, 0.15) is 58.7 Å². The summed E-state index contributed by atoms with van der Waals surface area (Å²) in [5.41, 5.74) is 11.0. The minimum absolute atomic E-state index is 0.0674. The zero-order valence-corrected chi connectivity index (χ0v) is 22.2. The molecule has 1 heterocycles. The highest BCUT2D eigenvalue weighted by Crippen LogP contribution is 2.37. The number of rotatable bonds is 6. The van der Waals surface area contributed by atoms with Gasteiger partial charge in [0.1, 0.15) is 11.9 Å². The molecular weight excluding hydrogens is 462 g/mol. The summed E-state index contributed by atoms with van der Waals surface area (Å²) in [6.07, 6.45) is 7.91. The molecule has 0 radical (unpaired) electrons. The summed E-state index contributed by atoms with van der Waals surface area (Å²) in [6, 6.07) is 36.9. The molecule has 1 atom stereocenters. The maximum Gasteiger partial charge on any atom is 0.129 e. The van der Waals surface area contributed by atoms with E-state index in [0.717, 1.165) is 31.6 Å². The Morgan fingerprint density at radius 3 is 1.89 bits per heavy atom. The number of piperidine rings is 1. The largest absolute Gasteiger partial charge is 0.486 e. The quantitative estimate of drug-likeness (QED) is 0.262. The third-order valence-electron chi connectivity index (χ3n) is 8.05. The topological polar surface area (TPSA) is 13.7 Å². The molecule has 2 nitrogen and oxygen atoms in total. The maximum atomic E-state index is 6.53. The number of nitrogens with one attached hydrogen (secondary N) is 1. The lowest BCUT2D eigenvalue weighted by Gasteiger charge is -2.29. The van der Waals surface area contributed by atoms with Gasteiger partial charge in [-0.25, -0.2) is 0 Å². The number of fused-ring (bicyclic) bond motifs is 2. The first-order chi connectivity index (χ1) is 18.7. The molecule has 6 rings (SSSR count). The van der Waals surface area contributed by atoms with Crippen LogP contribution in [0.15, 0.2) is 109 Å². The highest BCUT2D eigenvalue weighted by atomic mass is 16.5. The fourth-order valence-electron chi connectivity index (χ4n) is 5.93. The number of hydrogen-bond acceptors (Lipinski definition) is 1. The molecule has 1 saturated heterocycles. The minimum atomic E-state index is 0.0674. The molecule has 38 heavy (non-hydrogen) atoms. The normalized spacial score (nSPS) is 17.3. The second kappa shape index (κ2) is 11.2. The summed E-state index contributed by atoms with van der Waals surface area (Å²) in [5, 5.41) is 0. The summed E-state index contributed by atoms with van der Waals surface area (Å²) < 4.78 is 6.53. The smallest absolute Gasteiger partial charge is 0.129 e. The van der Waals surface area contributed by atoms with Gasteiger partial charge in [0.15, 0.2) is 0 Å². The summed E-state index contributed by atoms with van der Waals surface area (Å²) in [6.45, 7) is 5.57. The number of quaternary nitrogens is 1. The Morgan fingerprint density at radius 2 is 1.26 bits per heavy atom. The Morgan fingerprint density at radius 1 is 0.684 bits per heavy atom. The van der Waals surface area contributed by atoms with E-state index in [0.29, 0.717) is 0 Å². The number of hydrogen-bond donors (Lipinski definition) is 1. The van der Waals surface area contributed by atoms with Crippen LogP contribution >= 0.6 is 0 Å². The van der Waals surface area contributed by atoms with Crippen molar-refractivity contribution in [3.63, 3.8) is 0 Å². The van der Waals surface area contributed by atoms with Crippen molar-refractivity contribution >= 4 is 17.7 Å². The van der Waals surface area contributed by atoms with Gasteiger partial charge in [0.2, 0.25) is 0 Å². The first-order valence-electron chi connectivity index (χ1n) is 14.0. The van der Waals surface area contributed by atoms with E-state index in [1.807, 2.05) is 0 Å². The molecule has 0 spiro atoms. The molecule has 1 N–H and O–H groups in total. The standard InChI is InChI=1S/C36H35NO/c1-27-15-19-32(20-16-27)38-35(30-11-3-2-4-12-30)23-26-37-24-21-31(22-25-37)36-33-13-7-5-9-28(33)17-18-29-10-6-8-14-34(29)36/h2-20,35H,21-26H2,1H3/p+1. The van der Waals surface area contributed by atoms with Gasteiger partial charge in [-0.1, -0.05) is 114 Å². The van der Waals surface area contributed by atoms with E-state index in [9.17, 15) is 0 Å². The van der Waals surface area contributed by atoms with E-state index < -0.39 is 0 Å². The molecule has 2 heteroatoms. The van der Waals surface area contributed by atoms with Crippen molar-refractivity contribution in [2.24, 2.45) is 0 Å². The summed E-state index contributed by atoms with van der Waals surface area (Å²) in [4.78, 5) is 1.68. The summed E-state index contributed by atoms with van der Waals surface area (Å²) in [7, 11) is 0. The van der Waals surface area contributed by atoms with Gasteiger partial charge in [-0.05, 0) is 52.4 Å². The van der Waals surface area contributed by atoms with Crippen molar-refractivity contribution in [3.05, 3.63) is 142 Å². The van der Waals surface area contributed by atoms with Crippen LogP contribution in [-0.2, 0) is 0 Å². The van der Waals surface area contributed by atoms with Crippen molar-refractivity contribution < 1.29 is 9.64 Å². The number of aryl methyl sites for hydroxylation is 1. The third kappa shape index (κ3) is 5.37. The molecule has 4 aromatic rings. The third-order valence-corrected chi connectivity index (χ3v) is 8.05. The fourth-order valence-corrected chi connectivity index (χ4v) is 5.93. The van der Waals surface area contributed by atoms with Crippen LogP contribution < -0.4 is 9.64 Å². The Labute approximate surface area is 226 Å². The molecule has 190 valence electrons. The lowest BCUT2D eigenvalue weighted by Crippen LogP contribution is -3.12. The molecule has 1 aliphatic carbocycles. The van der Waals surface area contributed by atoms with Crippen molar-refractivity contribution in [2.45, 2.75) is 32.3 Å². The van der Waals surface area contributed by atoms with E-state index in [4.69, 9.17) is 4.74 Å². The van der Waals surface area contributed by atoms with Crippen LogP contribution in [0.4, 0.5) is 0 Å². The molecule has 4 aromatic carbocycles. The van der Waals surface area contributed by atoms with E-state index in [1.165, 1.54) is 52.0 Å². The lowest BCUT2D eigenvalue weighted by molar-refractivity contribution is -0.903. The average molecular weight is 499 g/mol. The first kappa shape index (κ1) is 24.5. The van der Waals surface area contributed by atoms with Crippen LogP contribution in [0.2, 0.25) is 0 Å². The number of likely N-dealkylation sites (tertiary alicyclic amines) is 1. The average Bonchev–Trinajstić information content (AvgIpc) is 3.14. The highest BCUT2D eigenvalue weighted by molar-refractivity contribution is 5.94. The van der Waals surface area contributed by atoms with Crippen molar-refractivity contribution in [1.29, 1.82) is 0 Å². The number of benzene rings is 4. The van der Waals surface area contributed by atoms with Crippen molar-refractivity contribution in [2.75, 3.05) is 19.6 Å². The Bertz CT molecular complexity index is 1390. The summed E-state index contributed by atoms with van der Waals surface area (Å²) in [5.74, 6) is 0.949. The Hall–Kier alpha value is -3.88. The van der Waals surface area contributed by atoms with Gasteiger partial charge < -0.3 is 9.64 Å². The van der Waals surface area contributed by atoms with Gasteiger partial charge in [0.05, 0.1) is 19.6 Å². The molecule has 0 amide bonds. The predicted octanol–water partition coefficient (Wildman–Crippen LogP) is 7.17. The van der Waals surface area contributed by atoms with Crippen LogP contribution in [0.25, 0.3) is 17.7 Å². The van der Waals surface area contributed by atoms with Gasteiger partial charge in [0.25, 0.3) is 0 Å². The Kier molecular flexibility index (Phi) is 7.24. The van der Waals surface area contributed by atoms with Gasteiger partial charge in [0, 0.05) is 19.3 Å². The second-order valence-corrected chi connectivity index (χ2v) is 10.6. The molecular formula is C36H36NO+. The highest BCUT2D eigenvalue weighted by Gasteiger charge is 2.25. The van der Waals surface area contributed by atoms with Gasteiger partial charge in [-0.15, -0.1) is 0 Å². The molecule has 0 saturated carbocycles. The SMILES string of the molecule is Cc1ccc(OC(CC[NH+]2CCC(=C3c4ccccc4C=Cc4ccccc43)CC2)c2ccccc2)cc1. The van der Waals surface area contributed by atoms with Crippen molar-refractivity contribution in [3.8, 4) is 5.75 Å². The van der Waals surface area contributed by atoms with Crippen LogP contribution in [0, 0.1) is 6.92 Å². The van der Waals surface area contributed by atoms with E-state index in [1.54, 1.807) is 10.5 Å². The summed E-state index contributed by atoms with van der Waals surface area (Å²) >= 11 is 0. The van der Waals surface area contributed by atoms with E-state index in [-0.39, 0.29) is 6.10 Å². The fraction of sp³-hybridized carbons (Fsp3) is 0.222. The molecule has 1 aliphatic heterocycles. The minimum Gasteiger partial charge on any atom is -0.486 e. The molecule has 1 unspecified atom stereocenters. The monoisotopic (exact) mass is 498 g/mol. The van der Waals surface area contributed by atoms with Gasteiger partial charge in [-0.3, -0.25) is 0 Å². The number of ether oxygens (including phenoxy) is 1. The Balaban J connectivity index is 1.19. The molecule has 1 fully saturated rings. The van der Waals surface area contributed by atoms with Crippen LogP contribution in [0.3, 0.4) is 0 Å². The van der Waals surface area contributed by atoms with Crippen LogP contribution in [0.5, 0.6) is 5.75 Å². The van der Waals surface area contributed by atoms with Crippen molar-refractivity contribution in [1.82, 2.24) is 0 Å². The zero-order valence-electron chi connectivity index (χ0n) is 22.2. The van der Waals surface area contributed by atoms with E-state index in [2.05, 4.69) is 122 Å². The molecule has 0 bridgehead atoms. The predicted molar refractivity (Wildman–Crippen MR) is 158 cm³/mol. The zero-order chi connectivity index (χ0) is 25.7. The first-order valence-corrected chi connectivity index (χ1v) is 14.0. The second-order valence-electron chi connectivity index (χ2n) is 10.6. The van der Waals surface area contributed by atoms with Gasteiger partial charge in [-0.2, -0.15) is 0 Å². The van der Waals surface area contributed by atoms with E-state index >= 15 is 0 Å². The molecule has 2 aliphatic rings. The maximum absolute atomic E-state index is 6.53. The lowest BCUT2D eigenvalue weighted by atomic mass is 9.86. The molecule has 0 aromatic heterocycles.